The molecule has 0 saturated carbocycles. The zero-order chi connectivity index (χ0) is 13.1. The van der Waals surface area contributed by atoms with Crippen molar-refractivity contribution in [3.05, 3.63) is 48.7 Å². The number of ether oxygens (including phenoxy) is 1. The van der Waals surface area contributed by atoms with Crippen LogP contribution in [-0.4, -0.2) is 25.0 Å². The lowest BCUT2D eigenvalue weighted by molar-refractivity contribution is 0.301. The first kappa shape index (κ1) is 11.5. The molecule has 0 bridgehead atoms. The van der Waals surface area contributed by atoms with Gasteiger partial charge in [-0.3, -0.25) is 4.68 Å². The largest absolute Gasteiger partial charge is 0.487 e. The summed E-state index contributed by atoms with van der Waals surface area (Å²) in [6, 6.07) is 7.78. The Hall–Kier alpha value is -2.63. The summed E-state index contributed by atoms with van der Waals surface area (Å²) in [6.45, 7) is 0.412. The number of hydrogen-bond donors (Lipinski definition) is 1. The second kappa shape index (κ2) is 4.93. The lowest BCUT2D eigenvalue weighted by Gasteiger charge is -2.04. The highest BCUT2D eigenvalue weighted by molar-refractivity contribution is 5.58. The highest BCUT2D eigenvalue weighted by Crippen LogP contribution is 2.20. The smallest absolute Gasteiger partial charge is 0.134 e. The molecule has 0 aliphatic heterocycles. The van der Waals surface area contributed by atoms with Crippen LogP contribution in [-0.2, 0) is 13.7 Å². The summed E-state index contributed by atoms with van der Waals surface area (Å²) in [6.07, 6.45) is 5.35. The number of imidazole rings is 1. The third-order valence-electron chi connectivity index (χ3n) is 2.69. The monoisotopic (exact) mass is 255 g/mol. The van der Waals surface area contributed by atoms with Crippen LogP contribution >= 0.6 is 0 Å². The molecule has 0 aliphatic carbocycles. The Morgan fingerprint density at radius 2 is 2.11 bits per heavy atom. The van der Waals surface area contributed by atoms with Crippen molar-refractivity contribution in [1.82, 2.24) is 25.0 Å². The van der Waals surface area contributed by atoms with Gasteiger partial charge in [0.2, 0.25) is 0 Å². The molecule has 3 rings (SSSR count). The maximum absolute atomic E-state index is 5.63. The first-order valence-electron chi connectivity index (χ1n) is 5.88. The molecule has 0 amide bonds. The molecule has 1 aromatic carbocycles. The van der Waals surface area contributed by atoms with Crippen molar-refractivity contribution < 1.29 is 4.74 Å². The third-order valence-corrected chi connectivity index (χ3v) is 2.69. The van der Waals surface area contributed by atoms with Gasteiger partial charge in [-0.1, -0.05) is 5.21 Å². The maximum atomic E-state index is 5.63. The van der Waals surface area contributed by atoms with Crippen LogP contribution in [0.1, 0.15) is 5.69 Å². The molecule has 0 radical (unpaired) electrons. The predicted octanol–water partition coefficient (Wildman–Crippen LogP) is 1.78. The second-order valence-electron chi connectivity index (χ2n) is 4.15. The summed E-state index contributed by atoms with van der Waals surface area (Å²) < 4.78 is 7.29. The average molecular weight is 255 g/mol. The van der Waals surface area contributed by atoms with Crippen molar-refractivity contribution >= 4 is 0 Å². The number of aromatic amines is 1. The number of nitrogens with zero attached hydrogens (tertiary/aromatic N) is 4. The summed E-state index contributed by atoms with van der Waals surface area (Å²) in [4.78, 5) is 7.13. The van der Waals surface area contributed by atoms with Crippen molar-refractivity contribution in [2.75, 3.05) is 0 Å². The van der Waals surface area contributed by atoms with Gasteiger partial charge in [0.1, 0.15) is 18.1 Å². The molecule has 0 atom stereocenters. The molecule has 0 unspecified atom stereocenters. The van der Waals surface area contributed by atoms with Gasteiger partial charge < -0.3 is 9.72 Å². The van der Waals surface area contributed by atoms with Gasteiger partial charge in [0, 0.05) is 18.8 Å². The molecule has 0 spiro atoms. The quantitative estimate of drug-likeness (QED) is 0.771. The van der Waals surface area contributed by atoms with Gasteiger partial charge in [-0.15, -0.1) is 5.10 Å². The highest BCUT2D eigenvalue weighted by Gasteiger charge is 2.02. The van der Waals surface area contributed by atoms with Crippen LogP contribution in [0.3, 0.4) is 0 Å². The van der Waals surface area contributed by atoms with Crippen LogP contribution in [0.15, 0.2) is 43.0 Å². The van der Waals surface area contributed by atoms with Crippen molar-refractivity contribution in [1.29, 1.82) is 0 Å². The molecule has 0 saturated heterocycles. The number of benzene rings is 1. The van der Waals surface area contributed by atoms with Gasteiger partial charge >= 0.3 is 0 Å². The van der Waals surface area contributed by atoms with Crippen LogP contribution in [0.4, 0.5) is 0 Å². The van der Waals surface area contributed by atoms with E-state index in [9.17, 15) is 0 Å². The van der Waals surface area contributed by atoms with E-state index in [1.54, 1.807) is 11.0 Å². The third kappa shape index (κ3) is 2.62. The number of aryl methyl sites for hydroxylation is 1. The van der Waals surface area contributed by atoms with Crippen molar-refractivity contribution in [2.45, 2.75) is 6.61 Å². The summed E-state index contributed by atoms with van der Waals surface area (Å²) in [5, 5.41) is 7.81. The number of aromatic nitrogens is 5. The fourth-order valence-electron chi connectivity index (χ4n) is 1.76. The summed E-state index contributed by atoms with van der Waals surface area (Å²) in [7, 11) is 1.83. The molecule has 0 aliphatic rings. The number of nitrogens with one attached hydrogen (secondary N) is 1. The topological polar surface area (TPSA) is 68.6 Å². The normalized spacial score (nSPS) is 10.6. The van der Waals surface area contributed by atoms with Crippen LogP contribution < -0.4 is 4.74 Å². The lowest BCUT2D eigenvalue weighted by atomic mass is 10.2. The zero-order valence-electron chi connectivity index (χ0n) is 10.4. The molecule has 2 aromatic heterocycles. The second-order valence-corrected chi connectivity index (χ2v) is 4.15. The molecule has 1 N–H and O–H groups in total. The molecule has 3 aromatic rings. The van der Waals surface area contributed by atoms with E-state index in [1.807, 2.05) is 43.7 Å². The lowest BCUT2D eigenvalue weighted by Crippen LogP contribution is -1.95. The Labute approximate surface area is 110 Å². The molecular weight excluding hydrogens is 242 g/mol. The van der Waals surface area contributed by atoms with E-state index in [4.69, 9.17) is 4.74 Å². The highest BCUT2D eigenvalue weighted by atomic mass is 16.5. The molecule has 19 heavy (non-hydrogen) atoms. The molecule has 6 nitrogen and oxygen atoms in total. The first-order chi connectivity index (χ1) is 9.31. The van der Waals surface area contributed by atoms with E-state index in [-0.39, 0.29) is 0 Å². The predicted molar refractivity (Wildman–Crippen MR) is 69.4 cm³/mol. The number of hydrogen-bond acceptors (Lipinski definition) is 4. The molecule has 2 heterocycles. The van der Waals surface area contributed by atoms with E-state index in [1.165, 1.54) is 0 Å². The fourth-order valence-corrected chi connectivity index (χ4v) is 1.76. The van der Waals surface area contributed by atoms with Gasteiger partial charge in [-0.25, -0.2) is 4.98 Å². The van der Waals surface area contributed by atoms with E-state index < -0.39 is 0 Å². The Bertz CT molecular complexity index is 642. The van der Waals surface area contributed by atoms with Gasteiger partial charge in [-0.05, 0) is 24.3 Å². The van der Waals surface area contributed by atoms with Gasteiger partial charge in [0.15, 0.2) is 0 Å². The van der Waals surface area contributed by atoms with E-state index in [2.05, 4.69) is 20.3 Å². The van der Waals surface area contributed by atoms with E-state index in [0.29, 0.717) is 6.61 Å². The zero-order valence-corrected chi connectivity index (χ0v) is 10.4. The van der Waals surface area contributed by atoms with Crippen molar-refractivity contribution in [2.24, 2.45) is 7.05 Å². The minimum absolute atomic E-state index is 0.412. The van der Waals surface area contributed by atoms with E-state index in [0.717, 1.165) is 22.7 Å². The maximum Gasteiger partial charge on any atom is 0.134 e. The van der Waals surface area contributed by atoms with Gasteiger partial charge in [-0.2, -0.15) is 0 Å². The van der Waals surface area contributed by atoms with Gasteiger partial charge in [0.25, 0.3) is 0 Å². The summed E-state index contributed by atoms with van der Waals surface area (Å²) in [5.74, 6) is 0.796. The van der Waals surface area contributed by atoms with Crippen molar-refractivity contribution in [3.63, 3.8) is 0 Å². The Kier molecular flexibility index (Phi) is 2.97. The van der Waals surface area contributed by atoms with Crippen LogP contribution in [0.25, 0.3) is 11.3 Å². The average Bonchev–Trinajstić information content (AvgIpc) is 3.08. The Morgan fingerprint density at radius 3 is 2.74 bits per heavy atom. The minimum atomic E-state index is 0.412. The first-order valence-corrected chi connectivity index (χ1v) is 5.88. The van der Waals surface area contributed by atoms with Crippen LogP contribution in [0, 0.1) is 0 Å². The number of rotatable bonds is 4. The summed E-state index contributed by atoms with van der Waals surface area (Å²) in [5.41, 5.74) is 2.77. The summed E-state index contributed by atoms with van der Waals surface area (Å²) >= 11 is 0. The van der Waals surface area contributed by atoms with Crippen molar-refractivity contribution in [3.8, 4) is 17.0 Å². The SMILES string of the molecule is Cn1cc(COc2ccc(-c3c[nH]cn3)cc2)nn1. The van der Waals surface area contributed by atoms with Crippen LogP contribution in [0.2, 0.25) is 0 Å². The molecule has 6 heteroatoms. The van der Waals surface area contributed by atoms with Gasteiger partial charge in [0.05, 0.1) is 18.2 Å². The fraction of sp³-hybridized carbons (Fsp3) is 0.154. The minimum Gasteiger partial charge on any atom is -0.487 e. The number of H-pyrrole nitrogens is 1. The Balaban J connectivity index is 1.66. The standard InChI is InChI=1S/C13H13N5O/c1-18-7-11(16-17-18)8-19-12-4-2-10(3-5-12)13-6-14-9-15-13/h2-7,9H,8H2,1H3,(H,14,15). The Morgan fingerprint density at radius 1 is 1.26 bits per heavy atom. The van der Waals surface area contributed by atoms with E-state index >= 15 is 0 Å². The van der Waals surface area contributed by atoms with Crippen LogP contribution in [0.5, 0.6) is 5.75 Å². The molecule has 96 valence electrons. The molecular formula is C13H13N5O. The molecule has 0 fully saturated rings.